The Bertz CT molecular complexity index is 543. The van der Waals surface area contributed by atoms with Crippen LogP contribution in [0.1, 0.15) is 30.4 Å². The number of nitrogens with zero attached hydrogens (tertiary/aromatic N) is 2. The molecule has 2 aliphatic heterocycles. The van der Waals surface area contributed by atoms with Gasteiger partial charge in [0.25, 0.3) is 0 Å². The van der Waals surface area contributed by atoms with Gasteiger partial charge in [-0.05, 0) is 76.0 Å². The van der Waals surface area contributed by atoms with Crippen LogP contribution in [-0.2, 0) is 4.79 Å². The molecule has 0 radical (unpaired) electrons. The van der Waals surface area contributed by atoms with Crippen LogP contribution in [0, 0.1) is 13.8 Å². The second-order valence-corrected chi connectivity index (χ2v) is 6.77. The van der Waals surface area contributed by atoms with Gasteiger partial charge in [-0.2, -0.15) is 0 Å². The number of fused-ring (bicyclic) bond motifs is 1. The summed E-state index contributed by atoms with van der Waals surface area (Å²) in [6.07, 6.45) is 3.77. The van der Waals surface area contributed by atoms with Crippen molar-refractivity contribution >= 4 is 11.6 Å². The van der Waals surface area contributed by atoms with Gasteiger partial charge in [-0.15, -0.1) is 0 Å². The standard InChI is InChI=1S/C18H27N3O/c1-14-6-7-16(11-15(14)2)19-18(22)13-20-8-4-10-21-9-3-5-17(21)12-20/h6-7,11,17H,3-5,8-10,12-13H2,1-2H3,(H,19,22)/t17-/m0/s1. The summed E-state index contributed by atoms with van der Waals surface area (Å²) in [5.41, 5.74) is 3.38. The maximum Gasteiger partial charge on any atom is 0.238 e. The van der Waals surface area contributed by atoms with E-state index in [-0.39, 0.29) is 5.91 Å². The van der Waals surface area contributed by atoms with Gasteiger partial charge in [0, 0.05) is 18.3 Å². The zero-order chi connectivity index (χ0) is 15.5. The van der Waals surface area contributed by atoms with Crippen LogP contribution in [-0.4, -0.2) is 54.5 Å². The van der Waals surface area contributed by atoms with Crippen molar-refractivity contribution in [2.24, 2.45) is 0 Å². The lowest BCUT2D eigenvalue weighted by atomic mass is 10.1. The molecule has 1 aromatic rings. The Labute approximate surface area is 133 Å². The first-order valence-corrected chi connectivity index (χ1v) is 8.45. The molecule has 2 saturated heterocycles. The molecule has 1 aromatic carbocycles. The molecule has 120 valence electrons. The topological polar surface area (TPSA) is 35.6 Å². The van der Waals surface area contributed by atoms with E-state index in [1.807, 2.05) is 12.1 Å². The van der Waals surface area contributed by atoms with Crippen LogP contribution in [0.2, 0.25) is 0 Å². The molecule has 1 N–H and O–H groups in total. The highest BCUT2D eigenvalue weighted by Gasteiger charge is 2.29. The molecule has 0 spiro atoms. The van der Waals surface area contributed by atoms with Crippen molar-refractivity contribution in [3.8, 4) is 0 Å². The van der Waals surface area contributed by atoms with Gasteiger partial charge >= 0.3 is 0 Å². The first-order chi connectivity index (χ1) is 10.6. The number of hydrogen-bond donors (Lipinski definition) is 1. The lowest BCUT2D eigenvalue weighted by molar-refractivity contribution is -0.117. The molecule has 2 heterocycles. The lowest BCUT2D eigenvalue weighted by Gasteiger charge is -2.25. The number of aryl methyl sites for hydroxylation is 2. The van der Waals surface area contributed by atoms with E-state index in [2.05, 4.69) is 35.0 Å². The highest BCUT2D eigenvalue weighted by Crippen LogP contribution is 2.21. The number of carbonyl (C=O) groups excluding carboxylic acids is 1. The van der Waals surface area contributed by atoms with Crippen LogP contribution in [0.5, 0.6) is 0 Å². The van der Waals surface area contributed by atoms with Gasteiger partial charge in [-0.1, -0.05) is 6.07 Å². The van der Waals surface area contributed by atoms with Crippen molar-refractivity contribution in [2.75, 3.05) is 38.0 Å². The van der Waals surface area contributed by atoms with E-state index >= 15 is 0 Å². The Hall–Kier alpha value is -1.39. The van der Waals surface area contributed by atoms with Crippen molar-refractivity contribution in [1.29, 1.82) is 0 Å². The van der Waals surface area contributed by atoms with Gasteiger partial charge in [-0.3, -0.25) is 14.6 Å². The highest BCUT2D eigenvalue weighted by molar-refractivity contribution is 5.92. The summed E-state index contributed by atoms with van der Waals surface area (Å²) in [7, 11) is 0. The van der Waals surface area contributed by atoms with Gasteiger partial charge in [0.2, 0.25) is 5.91 Å². The van der Waals surface area contributed by atoms with Gasteiger partial charge in [0.1, 0.15) is 0 Å². The number of nitrogens with one attached hydrogen (secondary N) is 1. The number of benzene rings is 1. The molecule has 0 saturated carbocycles. The molecule has 1 amide bonds. The summed E-state index contributed by atoms with van der Waals surface area (Å²) >= 11 is 0. The molecule has 22 heavy (non-hydrogen) atoms. The van der Waals surface area contributed by atoms with E-state index in [1.165, 1.54) is 43.5 Å². The second kappa shape index (κ2) is 6.80. The maximum absolute atomic E-state index is 12.3. The first-order valence-electron chi connectivity index (χ1n) is 8.45. The van der Waals surface area contributed by atoms with Crippen molar-refractivity contribution in [1.82, 2.24) is 9.80 Å². The minimum Gasteiger partial charge on any atom is -0.325 e. The number of carbonyl (C=O) groups is 1. The maximum atomic E-state index is 12.3. The third-order valence-corrected chi connectivity index (χ3v) is 5.05. The molecule has 0 aliphatic carbocycles. The number of anilines is 1. The van der Waals surface area contributed by atoms with E-state index in [0.717, 1.165) is 18.8 Å². The monoisotopic (exact) mass is 301 g/mol. The van der Waals surface area contributed by atoms with Crippen LogP contribution >= 0.6 is 0 Å². The van der Waals surface area contributed by atoms with E-state index in [4.69, 9.17) is 0 Å². The van der Waals surface area contributed by atoms with Gasteiger partial charge in [0.15, 0.2) is 0 Å². The largest absolute Gasteiger partial charge is 0.325 e. The zero-order valence-electron chi connectivity index (χ0n) is 13.8. The average molecular weight is 301 g/mol. The molecule has 0 unspecified atom stereocenters. The normalized spacial score (nSPS) is 23.1. The fraction of sp³-hybridized carbons (Fsp3) is 0.611. The Morgan fingerprint density at radius 1 is 1.18 bits per heavy atom. The van der Waals surface area contributed by atoms with Crippen LogP contribution in [0.25, 0.3) is 0 Å². The summed E-state index contributed by atoms with van der Waals surface area (Å²) in [4.78, 5) is 17.2. The Balaban J connectivity index is 1.55. The van der Waals surface area contributed by atoms with Crippen LogP contribution in [0.15, 0.2) is 18.2 Å². The highest BCUT2D eigenvalue weighted by atomic mass is 16.2. The third kappa shape index (κ3) is 3.68. The quantitative estimate of drug-likeness (QED) is 0.931. The second-order valence-electron chi connectivity index (χ2n) is 6.77. The van der Waals surface area contributed by atoms with E-state index in [1.54, 1.807) is 0 Å². The molecule has 0 aromatic heterocycles. The summed E-state index contributed by atoms with van der Waals surface area (Å²) in [6.45, 7) is 9.19. The Morgan fingerprint density at radius 2 is 2.00 bits per heavy atom. The van der Waals surface area contributed by atoms with Crippen LogP contribution < -0.4 is 5.32 Å². The van der Waals surface area contributed by atoms with Crippen molar-refractivity contribution in [3.05, 3.63) is 29.3 Å². The molecule has 3 rings (SSSR count). The molecule has 1 atom stereocenters. The van der Waals surface area contributed by atoms with E-state index in [0.29, 0.717) is 12.6 Å². The van der Waals surface area contributed by atoms with E-state index in [9.17, 15) is 4.79 Å². The minimum absolute atomic E-state index is 0.106. The molecule has 0 bridgehead atoms. The SMILES string of the molecule is Cc1ccc(NC(=O)CN2CCCN3CCC[C@H]3C2)cc1C. The first kappa shape index (κ1) is 15.5. The average Bonchev–Trinajstić information content (AvgIpc) is 2.82. The smallest absolute Gasteiger partial charge is 0.238 e. The predicted molar refractivity (Wildman–Crippen MR) is 90.2 cm³/mol. The number of rotatable bonds is 3. The molecular weight excluding hydrogens is 274 g/mol. The Morgan fingerprint density at radius 3 is 2.82 bits per heavy atom. The number of hydrogen-bond acceptors (Lipinski definition) is 3. The van der Waals surface area contributed by atoms with Gasteiger partial charge < -0.3 is 5.32 Å². The molecule has 2 fully saturated rings. The zero-order valence-corrected chi connectivity index (χ0v) is 13.8. The third-order valence-electron chi connectivity index (χ3n) is 5.05. The van der Waals surface area contributed by atoms with Crippen LogP contribution in [0.4, 0.5) is 5.69 Å². The van der Waals surface area contributed by atoms with Crippen molar-refractivity contribution < 1.29 is 4.79 Å². The Kier molecular flexibility index (Phi) is 4.79. The fourth-order valence-electron chi connectivity index (χ4n) is 3.65. The molecule has 4 nitrogen and oxygen atoms in total. The van der Waals surface area contributed by atoms with E-state index < -0.39 is 0 Å². The van der Waals surface area contributed by atoms with Crippen molar-refractivity contribution in [3.63, 3.8) is 0 Å². The predicted octanol–water partition coefficient (Wildman–Crippen LogP) is 2.41. The van der Waals surface area contributed by atoms with Crippen molar-refractivity contribution in [2.45, 2.75) is 39.2 Å². The van der Waals surface area contributed by atoms with Gasteiger partial charge in [-0.25, -0.2) is 0 Å². The van der Waals surface area contributed by atoms with Gasteiger partial charge in [0.05, 0.1) is 6.54 Å². The molecule has 2 aliphatic rings. The molecular formula is C18H27N3O. The molecule has 4 heteroatoms. The van der Waals surface area contributed by atoms with Crippen LogP contribution in [0.3, 0.4) is 0 Å². The summed E-state index contributed by atoms with van der Waals surface area (Å²) in [5, 5.41) is 3.04. The summed E-state index contributed by atoms with van der Waals surface area (Å²) in [6, 6.07) is 6.76. The summed E-state index contributed by atoms with van der Waals surface area (Å²) in [5.74, 6) is 0.106. The fourth-order valence-corrected chi connectivity index (χ4v) is 3.65. The lowest BCUT2D eigenvalue weighted by Crippen LogP contribution is -2.40. The number of amides is 1. The summed E-state index contributed by atoms with van der Waals surface area (Å²) < 4.78 is 0. The minimum atomic E-state index is 0.106.